The predicted molar refractivity (Wildman–Crippen MR) is 41.1 cm³/mol. The third-order valence-corrected chi connectivity index (χ3v) is 1.88. The van der Waals surface area contributed by atoms with E-state index in [4.69, 9.17) is 5.53 Å². The molecule has 0 aromatic rings. The first kappa shape index (κ1) is 8.33. The molecule has 0 aromatic carbocycles. The monoisotopic (exact) mass is 156 g/mol. The first-order valence-electron chi connectivity index (χ1n) is 3.71. The fraction of sp³-hybridized carbons (Fsp3) is 1.00. The Morgan fingerprint density at radius 1 is 1.73 bits per heavy atom. The Labute approximate surface area is 65.0 Å². The van der Waals surface area contributed by atoms with Crippen molar-refractivity contribution in [3.63, 3.8) is 0 Å². The molecule has 0 spiro atoms. The minimum absolute atomic E-state index is 0.177. The molecular weight excluding hydrogens is 144 g/mol. The van der Waals surface area contributed by atoms with Crippen LogP contribution in [0.2, 0.25) is 0 Å². The summed E-state index contributed by atoms with van der Waals surface area (Å²) < 4.78 is 0. The number of aliphatic hydroxyl groups is 1. The number of hydrogen-bond donors (Lipinski definition) is 2. The van der Waals surface area contributed by atoms with Crippen LogP contribution in [-0.4, -0.2) is 30.3 Å². The van der Waals surface area contributed by atoms with Gasteiger partial charge >= 0.3 is 0 Å². The normalized spacial score (nSPS) is 31.0. The van der Waals surface area contributed by atoms with Gasteiger partial charge in [-0.1, -0.05) is 5.11 Å². The van der Waals surface area contributed by atoms with Crippen molar-refractivity contribution in [3.05, 3.63) is 10.4 Å². The fourth-order valence-electron chi connectivity index (χ4n) is 1.25. The van der Waals surface area contributed by atoms with E-state index in [0.29, 0.717) is 6.54 Å². The van der Waals surface area contributed by atoms with E-state index in [1.54, 1.807) is 0 Å². The van der Waals surface area contributed by atoms with E-state index in [1.165, 1.54) is 0 Å². The summed E-state index contributed by atoms with van der Waals surface area (Å²) in [7, 11) is 0. The zero-order chi connectivity index (χ0) is 8.16. The summed E-state index contributed by atoms with van der Waals surface area (Å²) in [5.41, 5.74) is 7.24. The zero-order valence-corrected chi connectivity index (χ0v) is 6.32. The van der Waals surface area contributed by atoms with Crippen molar-refractivity contribution in [2.45, 2.75) is 18.4 Å². The van der Waals surface area contributed by atoms with E-state index in [1.807, 2.05) is 0 Å². The first-order valence-corrected chi connectivity index (χ1v) is 3.71. The summed E-state index contributed by atoms with van der Waals surface area (Å²) in [5, 5.41) is 16.1. The zero-order valence-electron chi connectivity index (χ0n) is 6.32. The molecule has 62 valence electrons. The molecule has 5 nitrogen and oxygen atoms in total. The van der Waals surface area contributed by atoms with Gasteiger partial charge < -0.3 is 10.4 Å². The van der Waals surface area contributed by atoms with Gasteiger partial charge in [-0.05, 0) is 24.9 Å². The molecule has 1 rings (SSSR count). The van der Waals surface area contributed by atoms with Gasteiger partial charge in [0.05, 0.1) is 12.1 Å². The van der Waals surface area contributed by atoms with E-state index >= 15 is 0 Å². The van der Waals surface area contributed by atoms with Gasteiger partial charge in [0.2, 0.25) is 0 Å². The average molecular weight is 156 g/mol. The number of piperidine rings is 1. The highest BCUT2D eigenvalue weighted by molar-refractivity contribution is 4.87. The van der Waals surface area contributed by atoms with Gasteiger partial charge in [0, 0.05) is 11.5 Å². The van der Waals surface area contributed by atoms with Crippen LogP contribution in [0.15, 0.2) is 5.11 Å². The lowest BCUT2D eigenvalue weighted by Gasteiger charge is -2.30. The van der Waals surface area contributed by atoms with Gasteiger partial charge in [0.25, 0.3) is 0 Å². The van der Waals surface area contributed by atoms with Crippen LogP contribution in [0.3, 0.4) is 0 Å². The highest BCUT2D eigenvalue weighted by atomic mass is 16.3. The highest BCUT2D eigenvalue weighted by Gasteiger charge is 2.27. The van der Waals surface area contributed by atoms with Crippen LogP contribution in [0.1, 0.15) is 12.8 Å². The van der Waals surface area contributed by atoms with Crippen LogP contribution in [0.25, 0.3) is 10.4 Å². The molecule has 1 saturated heterocycles. The molecule has 1 aliphatic rings. The van der Waals surface area contributed by atoms with Gasteiger partial charge in [-0.15, -0.1) is 0 Å². The van der Waals surface area contributed by atoms with Crippen LogP contribution in [0, 0.1) is 0 Å². The molecule has 0 amide bonds. The molecule has 11 heavy (non-hydrogen) atoms. The van der Waals surface area contributed by atoms with E-state index in [-0.39, 0.29) is 6.54 Å². The second-order valence-corrected chi connectivity index (χ2v) is 2.89. The molecule has 0 saturated carbocycles. The number of hydrogen-bond acceptors (Lipinski definition) is 3. The number of nitrogens with one attached hydrogen (secondary N) is 1. The van der Waals surface area contributed by atoms with Gasteiger partial charge in [-0.25, -0.2) is 0 Å². The van der Waals surface area contributed by atoms with Crippen molar-refractivity contribution >= 4 is 0 Å². The topological polar surface area (TPSA) is 81.0 Å². The minimum Gasteiger partial charge on any atom is -0.388 e. The van der Waals surface area contributed by atoms with Gasteiger partial charge in [0.1, 0.15) is 0 Å². The maximum atomic E-state index is 9.68. The van der Waals surface area contributed by atoms with Crippen LogP contribution in [-0.2, 0) is 0 Å². The number of azide groups is 1. The largest absolute Gasteiger partial charge is 0.388 e. The van der Waals surface area contributed by atoms with Gasteiger partial charge in [0.15, 0.2) is 0 Å². The lowest BCUT2D eigenvalue weighted by Crippen LogP contribution is -2.47. The fourth-order valence-corrected chi connectivity index (χ4v) is 1.25. The van der Waals surface area contributed by atoms with Crippen molar-refractivity contribution in [2.75, 3.05) is 19.6 Å². The third-order valence-electron chi connectivity index (χ3n) is 1.88. The van der Waals surface area contributed by atoms with Crippen molar-refractivity contribution in [3.8, 4) is 0 Å². The molecule has 0 aromatic heterocycles. The number of rotatable bonds is 2. The Morgan fingerprint density at radius 2 is 2.55 bits per heavy atom. The van der Waals surface area contributed by atoms with Gasteiger partial charge in [-0.2, -0.15) is 0 Å². The minimum atomic E-state index is -0.801. The Morgan fingerprint density at radius 3 is 3.09 bits per heavy atom. The average Bonchev–Trinajstić information content (AvgIpc) is 2.03. The summed E-state index contributed by atoms with van der Waals surface area (Å²) in [6.07, 6.45) is 1.66. The van der Waals surface area contributed by atoms with Crippen molar-refractivity contribution < 1.29 is 5.11 Å². The molecule has 1 atom stereocenters. The highest BCUT2D eigenvalue weighted by Crippen LogP contribution is 2.15. The smallest absolute Gasteiger partial charge is 0.0828 e. The first-order chi connectivity index (χ1) is 5.27. The Kier molecular flexibility index (Phi) is 2.70. The summed E-state index contributed by atoms with van der Waals surface area (Å²) in [4.78, 5) is 2.61. The molecular formula is C6H12N4O. The number of nitrogens with zero attached hydrogens (tertiary/aromatic N) is 3. The number of β-amino-alcohol motifs (C(OH)–C–C–N with tert-alkyl or cyclic N) is 1. The molecule has 1 heterocycles. The molecule has 0 radical (unpaired) electrons. The third kappa shape index (κ3) is 2.38. The van der Waals surface area contributed by atoms with E-state index in [9.17, 15) is 5.11 Å². The molecule has 0 bridgehead atoms. The maximum Gasteiger partial charge on any atom is 0.0828 e. The van der Waals surface area contributed by atoms with Gasteiger partial charge in [-0.3, -0.25) is 0 Å². The Bertz CT molecular complexity index is 169. The quantitative estimate of drug-likeness (QED) is 0.345. The summed E-state index contributed by atoms with van der Waals surface area (Å²) in [5.74, 6) is 0. The summed E-state index contributed by atoms with van der Waals surface area (Å²) in [6.45, 7) is 1.65. The van der Waals surface area contributed by atoms with Crippen molar-refractivity contribution in [1.82, 2.24) is 5.32 Å². The lowest BCUT2D eigenvalue weighted by molar-refractivity contribution is 0.0253. The Hall–Kier alpha value is -0.770. The Balaban J connectivity index is 2.42. The summed E-state index contributed by atoms with van der Waals surface area (Å²) >= 11 is 0. The molecule has 1 fully saturated rings. The second-order valence-electron chi connectivity index (χ2n) is 2.89. The van der Waals surface area contributed by atoms with Crippen molar-refractivity contribution in [1.29, 1.82) is 0 Å². The van der Waals surface area contributed by atoms with E-state index in [2.05, 4.69) is 15.3 Å². The molecule has 1 aliphatic heterocycles. The van der Waals surface area contributed by atoms with Crippen LogP contribution < -0.4 is 5.32 Å². The SMILES string of the molecule is [N-]=[N+]=NCC1(O)CCCNC1. The maximum absolute atomic E-state index is 9.68. The summed E-state index contributed by atoms with van der Waals surface area (Å²) in [6, 6.07) is 0. The molecule has 0 aliphatic carbocycles. The predicted octanol–water partition coefficient (Wildman–Crippen LogP) is 0.411. The standard InChI is InChI=1S/C6H12N4O/c7-10-9-5-6(11)2-1-3-8-4-6/h8,11H,1-5H2. The van der Waals surface area contributed by atoms with E-state index < -0.39 is 5.60 Å². The van der Waals surface area contributed by atoms with Crippen LogP contribution in [0.5, 0.6) is 0 Å². The molecule has 1 unspecified atom stereocenters. The van der Waals surface area contributed by atoms with E-state index in [0.717, 1.165) is 19.4 Å². The molecule has 2 N–H and O–H groups in total. The lowest BCUT2D eigenvalue weighted by atomic mass is 9.95. The second kappa shape index (κ2) is 3.57. The van der Waals surface area contributed by atoms with Crippen LogP contribution >= 0.6 is 0 Å². The van der Waals surface area contributed by atoms with Crippen LogP contribution in [0.4, 0.5) is 0 Å². The molecule has 5 heteroatoms. The van der Waals surface area contributed by atoms with Crippen molar-refractivity contribution in [2.24, 2.45) is 5.11 Å².